The van der Waals surface area contributed by atoms with Gasteiger partial charge in [0, 0.05) is 0 Å². The van der Waals surface area contributed by atoms with Crippen molar-refractivity contribution in [2.45, 2.75) is 64.9 Å². The Labute approximate surface area is 161 Å². The lowest BCUT2D eigenvalue weighted by Crippen LogP contribution is -2.34. The Kier molecular flexibility index (Phi) is 7.11. The van der Waals surface area contributed by atoms with E-state index in [0.717, 1.165) is 29.7 Å². The minimum Gasteiger partial charge on any atom is -0.491 e. The Balaban J connectivity index is 1.90. The summed E-state index contributed by atoms with van der Waals surface area (Å²) in [5, 5.41) is 11.9. The monoisotopic (exact) mass is 377 g/mol. The molecule has 0 unspecified atom stereocenters. The number of carbonyl (C=O) groups excluding carboxylic acids is 1. The first-order chi connectivity index (χ1) is 12.7. The number of hydrogen-bond donors (Lipinski definition) is 2. The van der Waals surface area contributed by atoms with Gasteiger partial charge in [-0.1, -0.05) is 17.7 Å². The summed E-state index contributed by atoms with van der Waals surface area (Å²) in [6, 6.07) is 6.09. The molecule has 0 aromatic heterocycles. The molecule has 0 saturated heterocycles. The zero-order valence-corrected chi connectivity index (χ0v) is 16.7. The number of aliphatic carboxylic acids is 1. The average molecular weight is 377 g/mol. The van der Waals surface area contributed by atoms with E-state index in [1.165, 1.54) is 0 Å². The third-order valence-electron chi connectivity index (χ3n) is 4.71. The van der Waals surface area contributed by atoms with Crippen molar-refractivity contribution in [3.8, 4) is 5.75 Å². The Bertz CT molecular complexity index is 657. The van der Waals surface area contributed by atoms with Gasteiger partial charge in [-0.05, 0) is 70.9 Å². The fourth-order valence-corrected chi connectivity index (χ4v) is 3.40. The van der Waals surface area contributed by atoms with Crippen molar-refractivity contribution >= 4 is 12.1 Å². The molecule has 1 fully saturated rings. The van der Waals surface area contributed by atoms with E-state index in [2.05, 4.69) is 11.4 Å². The highest BCUT2D eigenvalue weighted by Gasteiger charge is 2.28. The third-order valence-corrected chi connectivity index (χ3v) is 4.71. The highest BCUT2D eigenvalue weighted by molar-refractivity contribution is 5.70. The number of amides is 1. The van der Waals surface area contributed by atoms with Gasteiger partial charge in [0.15, 0.2) is 0 Å². The molecule has 2 N–H and O–H groups in total. The van der Waals surface area contributed by atoms with Gasteiger partial charge < -0.3 is 19.9 Å². The van der Waals surface area contributed by atoms with Gasteiger partial charge in [-0.2, -0.15) is 0 Å². The number of rotatable bonds is 6. The first-order valence-corrected chi connectivity index (χ1v) is 9.58. The molecule has 1 amide bonds. The van der Waals surface area contributed by atoms with Crippen LogP contribution in [-0.2, 0) is 9.53 Å². The van der Waals surface area contributed by atoms with Crippen molar-refractivity contribution in [1.29, 1.82) is 0 Å². The van der Waals surface area contributed by atoms with Crippen LogP contribution in [0.25, 0.3) is 0 Å². The van der Waals surface area contributed by atoms with E-state index in [-0.39, 0.29) is 5.92 Å². The summed E-state index contributed by atoms with van der Waals surface area (Å²) >= 11 is 0. The second kappa shape index (κ2) is 9.11. The molecule has 1 aromatic carbocycles. The van der Waals surface area contributed by atoms with Gasteiger partial charge >= 0.3 is 12.1 Å². The summed E-state index contributed by atoms with van der Waals surface area (Å²) in [5.41, 5.74) is 1.77. The lowest BCUT2D eigenvalue weighted by molar-refractivity contribution is -0.142. The van der Waals surface area contributed by atoms with E-state index in [9.17, 15) is 14.7 Å². The van der Waals surface area contributed by atoms with Crippen molar-refractivity contribution in [3.63, 3.8) is 0 Å². The van der Waals surface area contributed by atoms with Crippen molar-refractivity contribution < 1.29 is 24.2 Å². The lowest BCUT2D eigenvalue weighted by atomic mass is 9.78. The number of aryl methyl sites for hydroxylation is 1. The molecule has 1 saturated carbocycles. The number of carbonyl (C=O) groups is 2. The van der Waals surface area contributed by atoms with Crippen LogP contribution in [0.3, 0.4) is 0 Å². The van der Waals surface area contributed by atoms with E-state index < -0.39 is 17.7 Å². The molecule has 0 bridgehead atoms. The average Bonchev–Trinajstić information content (AvgIpc) is 2.58. The van der Waals surface area contributed by atoms with Gasteiger partial charge in [0.2, 0.25) is 0 Å². The molecule has 1 aromatic rings. The van der Waals surface area contributed by atoms with Crippen LogP contribution in [0.4, 0.5) is 4.79 Å². The van der Waals surface area contributed by atoms with Crippen LogP contribution in [-0.4, -0.2) is 35.9 Å². The lowest BCUT2D eigenvalue weighted by Gasteiger charge is -2.28. The maximum Gasteiger partial charge on any atom is 0.407 e. The number of carboxylic acids is 1. The predicted octanol–water partition coefficient (Wildman–Crippen LogP) is 4.26. The molecule has 0 atom stereocenters. The first-order valence-electron chi connectivity index (χ1n) is 9.58. The van der Waals surface area contributed by atoms with Gasteiger partial charge in [-0.3, -0.25) is 4.79 Å². The molecule has 6 heteroatoms. The highest BCUT2D eigenvalue weighted by atomic mass is 16.6. The number of ether oxygens (including phenoxy) is 2. The largest absolute Gasteiger partial charge is 0.491 e. The Morgan fingerprint density at radius 2 is 1.85 bits per heavy atom. The molecule has 0 aliphatic heterocycles. The topological polar surface area (TPSA) is 84.9 Å². The maximum absolute atomic E-state index is 11.7. The number of carboxylic acid groups (broad SMARTS) is 1. The van der Waals surface area contributed by atoms with E-state index in [1.54, 1.807) is 0 Å². The van der Waals surface area contributed by atoms with Gasteiger partial charge in [0.05, 0.1) is 12.5 Å². The van der Waals surface area contributed by atoms with Crippen molar-refractivity contribution in [2.75, 3.05) is 13.2 Å². The highest BCUT2D eigenvalue weighted by Crippen LogP contribution is 2.40. The SMILES string of the molecule is Cc1ccc(OCCNC(=O)OC(C)(C)C)c(C2CCC(C(=O)O)CC2)c1. The summed E-state index contributed by atoms with van der Waals surface area (Å²) in [6.07, 6.45) is 2.66. The minimum absolute atomic E-state index is 0.228. The van der Waals surface area contributed by atoms with Crippen LogP contribution >= 0.6 is 0 Å². The van der Waals surface area contributed by atoms with Crippen LogP contribution in [0.15, 0.2) is 18.2 Å². The molecule has 1 aliphatic rings. The van der Waals surface area contributed by atoms with Gasteiger partial charge in [-0.25, -0.2) is 4.79 Å². The number of benzene rings is 1. The molecule has 1 aliphatic carbocycles. The Morgan fingerprint density at radius 3 is 2.44 bits per heavy atom. The van der Waals surface area contributed by atoms with E-state index in [1.807, 2.05) is 39.8 Å². The molecule has 2 rings (SSSR count). The second-order valence-corrected chi connectivity index (χ2v) is 8.21. The van der Waals surface area contributed by atoms with Crippen molar-refractivity contribution in [1.82, 2.24) is 5.32 Å². The molecule has 0 spiro atoms. The summed E-state index contributed by atoms with van der Waals surface area (Å²) in [4.78, 5) is 22.8. The van der Waals surface area contributed by atoms with Gasteiger partial charge in [0.25, 0.3) is 0 Å². The Hall–Kier alpha value is -2.24. The standard InChI is InChI=1S/C21H31NO5/c1-14-5-10-18(26-12-11-22-20(25)27-21(2,3)4)17(13-14)15-6-8-16(9-7-15)19(23)24/h5,10,13,15-16H,6-9,11-12H2,1-4H3,(H,22,25)(H,23,24). The van der Waals surface area contributed by atoms with Crippen molar-refractivity contribution in [2.24, 2.45) is 5.92 Å². The van der Waals surface area contributed by atoms with Crippen LogP contribution < -0.4 is 10.1 Å². The summed E-state index contributed by atoms with van der Waals surface area (Å²) < 4.78 is 11.1. The number of nitrogens with one attached hydrogen (secondary N) is 1. The second-order valence-electron chi connectivity index (χ2n) is 8.21. The minimum atomic E-state index is -0.692. The zero-order valence-electron chi connectivity index (χ0n) is 16.7. The molecule has 150 valence electrons. The van der Waals surface area contributed by atoms with Crippen LogP contribution in [0.5, 0.6) is 5.75 Å². The fourth-order valence-electron chi connectivity index (χ4n) is 3.40. The summed E-state index contributed by atoms with van der Waals surface area (Å²) in [7, 11) is 0. The fraction of sp³-hybridized carbons (Fsp3) is 0.619. The quantitative estimate of drug-likeness (QED) is 0.724. The van der Waals surface area contributed by atoms with Gasteiger partial charge in [0.1, 0.15) is 18.0 Å². The van der Waals surface area contributed by atoms with Crippen LogP contribution in [0.1, 0.15) is 63.5 Å². The van der Waals surface area contributed by atoms with Crippen LogP contribution in [0.2, 0.25) is 0 Å². The van der Waals surface area contributed by atoms with Gasteiger partial charge in [-0.15, -0.1) is 0 Å². The third kappa shape index (κ3) is 6.77. The smallest absolute Gasteiger partial charge is 0.407 e. The molecular weight excluding hydrogens is 346 g/mol. The Morgan fingerprint density at radius 1 is 1.19 bits per heavy atom. The number of alkyl carbamates (subject to hydrolysis) is 1. The normalized spacial score (nSPS) is 20.0. The van der Waals surface area contributed by atoms with E-state index in [0.29, 0.717) is 31.9 Å². The molecule has 27 heavy (non-hydrogen) atoms. The molecular formula is C21H31NO5. The molecule has 6 nitrogen and oxygen atoms in total. The predicted molar refractivity (Wildman–Crippen MR) is 103 cm³/mol. The molecule has 0 heterocycles. The molecule has 0 radical (unpaired) electrons. The maximum atomic E-state index is 11.7. The zero-order chi connectivity index (χ0) is 20.0. The summed E-state index contributed by atoms with van der Waals surface area (Å²) in [6.45, 7) is 8.20. The number of hydrogen-bond acceptors (Lipinski definition) is 4. The first kappa shape index (κ1) is 21.1. The van der Waals surface area contributed by atoms with Crippen molar-refractivity contribution in [3.05, 3.63) is 29.3 Å². The van der Waals surface area contributed by atoms with E-state index >= 15 is 0 Å². The van der Waals surface area contributed by atoms with Crippen LogP contribution in [0, 0.1) is 12.8 Å². The summed E-state index contributed by atoms with van der Waals surface area (Å²) in [5.74, 6) is 0.204. The van der Waals surface area contributed by atoms with E-state index in [4.69, 9.17) is 9.47 Å².